The maximum Gasteiger partial charge on any atom is 0.221 e. The van der Waals surface area contributed by atoms with Gasteiger partial charge in [-0.2, -0.15) is 0 Å². The predicted molar refractivity (Wildman–Crippen MR) is 91.1 cm³/mol. The number of hydrogen-bond donors (Lipinski definition) is 3. The van der Waals surface area contributed by atoms with Gasteiger partial charge < -0.3 is 15.7 Å². The number of aryl methyl sites for hydroxylation is 1. The predicted octanol–water partition coefficient (Wildman–Crippen LogP) is 2.57. The van der Waals surface area contributed by atoms with Gasteiger partial charge in [-0.1, -0.05) is 42.5 Å². The summed E-state index contributed by atoms with van der Waals surface area (Å²) in [6, 6.07) is 15.8. The summed E-state index contributed by atoms with van der Waals surface area (Å²) < 4.78 is 0. The van der Waals surface area contributed by atoms with E-state index in [4.69, 9.17) is 0 Å². The number of carbonyl (C=O) groups excluding carboxylic acids is 1. The number of hydrogen-bond acceptors (Lipinski definition) is 3. The van der Waals surface area contributed by atoms with Crippen LogP contribution in [-0.4, -0.2) is 17.6 Å². The van der Waals surface area contributed by atoms with Crippen molar-refractivity contribution in [2.24, 2.45) is 0 Å². The van der Waals surface area contributed by atoms with Crippen molar-refractivity contribution < 1.29 is 9.90 Å². The Labute approximate surface area is 136 Å². The van der Waals surface area contributed by atoms with Gasteiger partial charge in [-0.15, -0.1) is 0 Å². The van der Waals surface area contributed by atoms with Gasteiger partial charge in [0.2, 0.25) is 5.91 Å². The first kappa shape index (κ1) is 15.7. The second-order valence-corrected chi connectivity index (χ2v) is 6.13. The molecule has 0 aromatic heterocycles. The summed E-state index contributed by atoms with van der Waals surface area (Å²) in [4.78, 5) is 11.3. The molecule has 3 rings (SSSR count). The van der Waals surface area contributed by atoms with Crippen molar-refractivity contribution >= 4 is 11.6 Å². The molecule has 4 heteroatoms. The topological polar surface area (TPSA) is 61.4 Å². The van der Waals surface area contributed by atoms with Gasteiger partial charge in [-0.3, -0.25) is 4.79 Å². The Morgan fingerprint density at radius 2 is 1.91 bits per heavy atom. The molecule has 3 N–H and O–H groups in total. The molecular weight excluding hydrogens is 288 g/mol. The van der Waals surface area contributed by atoms with Crippen LogP contribution in [0, 0.1) is 0 Å². The summed E-state index contributed by atoms with van der Waals surface area (Å²) in [7, 11) is 0. The van der Waals surface area contributed by atoms with Crippen LogP contribution >= 0.6 is 0 Å². The van der Waals surface area contributed by atoms with E-state index < -0.39 is 5.60 Å². The van der Waals surface area contributed by atoms with E-state index >= 15 is 0 Å². The first-order valence-electron chi connectivity index (χ1n) is 7.95. The maximum absolute atomic E-state index is 11.3. The van der Waals surface area contributed by atoms with E-state index in [1.165, 1.54) is 12.5 Å². The Kier molecular flexibility index (Phi) is 4.46. The number of anilines is 1. The Balaban J connectivity index is 1.66. The Morgan fingerprint density at radius 1 is 1.17 bits per heavy atom. The number of carbonyl (C=O) groups is 1. The van der Waals surface area contributed by atoms with Gasteiger partial charge in [-0.05, 0) is 35.6 Å². The minimum atomic E-state index is -0.806. The zero-order valence-corrected chi connectivity index (χ0v) is 13.3. The quantitative estimate of drug-likeness (QED) is 0.795. The zero-order chi connectivity index (χ0) is 16.3. The van der Waals surface area contributed by atoms with Gasteiger partial charge in [-0.25, -0.2) is 0 Å². The standard InChI is InChI=1S/C19H22N2O2/c1-14(22)21-18-9-5-3-7-16(18)12-20-13-19(23)11-10-15-6-2-4-8-17(15)19/h2-9,20,23H,10-13H2,1H3,(H,21,22). The summed E-state index contributed by atoms with van der Waals surface area (Å²) in [6.45, 7) is 2.60. The number of benzene rings is 2. The lowest BCUT2D eigenvalue weighted by molar-refractivity contribution is -0.114. The molecule has 2 aromatic carbocycles. The molecular formula is C19H22N2O2. The van der Waals surface area contributed by atoms with Crippen LogP contribution in [0.5, 0.6) is 0 Å². The molecule has 120 valence electrons. The molecule has 0 fully saturated rings. The number of rotatable bonds is 5. The van der Waals surface area contributed by atoms with Gasteiger partial charge in [0, 0.05) is 25.7 Å². The molecule has 1 amide bonds. The lowest BCUT2D eigenvalue weighted by Crippen LogP contribution is -2.36. The van der Waals surface area contributed by atoms with Crippen LogP contribution in [0.1, 0.15) is 30.0 Å². The van der Waals surface area contributed by atoms with E-state index in [1.54, 1.807) is 0 Å². The van der Waals surface area contributed by atoms with Crippen LogP contribution in [0.4, 0.5) is 5.69 Å². The van der Waals surface area contributed by atoms with E-state index in [0.29, 0.717) is 13.1 Å². The summed E-state index contributed by atoms with van der Waals surface area (Å²) in [6.07, 6.45) is 1.66. The molecule has 0 heterocycles. The number of amides is 1. The molecule has 1 aliphatic carbocycles. The van der Waals surface area contributed by atoms with Gasteiger partial charge in [0.05, 0.1) is 0 Å². The molecule has 0 saturated carbocycles. The van der Waals surface area contributed by atoms with Crippen LogP contribution in [0.3, 0.4) is 0 Å². The molecule has 1 unspecified atom stereocenters. The van der Waals surface area contributed by atoms with Crippen molar-refractivity contribution in [3.8, 4) is 0 Å². The second kappa shape index (κ2) is 6.52. The third-order valence-electron chi connectivity index (χ3n) is 4.39. The van der Waals surface area contributed by atoms with E-state index in [1.807, 2.05) is 42.5 Å². The minimum Gasteiger partial charge on any atom is -0.384 e. The number of aliphatic hydroxyl groups is 1. The minimum absolute atomic E-state index is 0.0826. The smallest absolute Gasteiger partial charge is 0.221 e. The van der Waals surface area contributed by atoms with E-state index in [2.05, 4.69) is 16.7 Å². The Hall–Kier alpha value is -2.17. The molecule has 2 aromatic rings. The molecule has 0 bridgehead atoms. The molecule has 0 aliphatic heterocycles. The van der Waals surface area contributed by atoms with Crippen molar-refractivity contribution in [1.29, 1.82) is 0 Å². The van der Waals surface area contributed by atoms with Gasteiger partial charge in [0.1, 0.15) is 5.60 Å². The second-order valence-electron chi connectivity index (χ2n) is 6.13. The van der Waals surface area contributed by atoms with E-state index in [9.17, 15) is 9.90 Å². The van der Waals surface area contributed by atoms with Crippen molar-refractivity contribution in [3.05, 3.63) is 65.2 Å². The largest absolute Gasteiger partial charge is 0.384 e. The third kappa shape index (κ3) is 3.44. The highest BCUT2D eigenvalue weighted by Crippen LogP contribution is 2.36. The SMILES string of the molecule is CC(=O)Nc1ccccc1CNCC1(O)CCc2ccccc21. The van der Waals surface area contributed by atoms with E-state index in [-0.39, 0.29) is 5.91 Å². The summed E-state index contributed by atoms with van der Waals surface area (Å²) >= 11 is 0. The fourth-order valence-corrected chi connectivity index (χ4v) is 3.24. The van der Waals surface area contributed by atoms with Crippen LogP contribution in [-0.2, 0) is 23.4 Å². The fourth-order valence-electron chi connectivity index (χ4n) is 3.24. The molecule has 23 heavy (non-hydrogen) atoms. The van der Waals surface area contributed by atoms with Crippen molar-refractivity contribution in [3.63, 3.8) is 0 Å². The van der Waals surface area contributed by atoms with Crippen LogP contribution < -0.4 is 10.6 Å². The van der Waals surface area contributed by atoms with Crippen LogP contribution in [0.15, 0.2) is 48.5 Å². The van der Waals surface area contributed by atoms with Gasteiger partial charge in [0.15, 0.2) is 0 Å². The number of para-hydroxylation sites is 1. The Morgan fingerprint density at radius 3 is 2.74 bits per heavy atom. The zero-order valence-electron chi connectivity index (χ0n) is 13.3. The summed E-state index contributed by atoms with van der Waals surface area (Å²) in [5.74, 6) is -0.0826. The van der Waals surface area contributed by atoms with Crippen molar-refractivity contribution in [2.45, 2.75) is 31.9 Å². The highest BCUT2D eigenvalue weighted by Gasteiger charge is 2.35. The number of nitrogens with one attached hydrogen (secondary N) is 2. The van der Waals surface area contributed by atoms with Crippen LogP contribution in [0.2, 0.25) is 0 Å². The van der Waals surface area contributed by atoms with Gasteiger partial charge in [0.25, 0.3) is 0 Å². The van der Waals surface area contributed by atoms with Crippen molar-refractivity contribution in [2.75, 3.05) is 11.9 Å². The lowest BCUT2D eigenvalue weighted by Gasteiger charge is -2.25. The molecule has 4 nitrogen and oxygen atoms in total. The Bertz CT molecular complexity index is 714. The summed E-state index contributed by atoms with van der Waals surface area (Å²) in [5, 5.41) is 17.1. The van der Waals surface area contributed by atoms with Gasteiger partial charge >= 0.3 is 0 Å². The fraction of sp³-hybridized carbons (Fsp3) is 0.316. The molecule has 1 atom stereocenters. The first-order valence-corrected chi connectivity index (χ1v) is 7.95. The molecule has 0 saturated heterocycles. The highest BCUT2D eigenvalue weighted by molar-refractivity contribution is 5.89. The van der Waals surface area contributed by atoms with Crippen LogP contribution in [0.25, 0.3) is 0 Å². The normalized spacial score (nSPS) is 19.4. The average Bonchev–Trinajstić information content (AvgIpc) is 2.87. The average molecular weight is 310 g/mol. The first-order chi connectivity index (χ1) is 11.1. The molecule has 0 spiro atoms. The lowest BCUT2D eigenvalue weighted by atomic mass is 9.96. The highest BCUT2D eigenvalue weighted by atomic mass is 16.3. The summed E-state index contributed by atoms with van der Waals surface area (Å²) in [5.41, 5.74) is 3.28. The van der Waals surface area contributed by atoms with Crippen molar-refractivity contribution in [1.82, 2.24) is 5.32 Å². The third-order valence-corrected chi connectivity index (χ3v) is 4.39. The van der Waals surface area contributed by atoms with E-state index in [0.717, 1.165) is 29.7 Å². The monoisotopic (exact) mass is 310 g/mol. The molecule has 0 radical (unpaired) electrons. The molecule has 1 aliphatic rings. The number of fused-ring (bicyclic) bond motifs is 1. The maximum atomic E-state index is 11.3.